The number of hydrogen-bond donors (Lipinski definition) is 7. The van der Waals surface area contributed by atoms with Crippen LogP contribution < -0.4 is 27.0 Å². The Morgan fingerprint density at radius 2 is 0.942 bits per heavy atom. The Balaban J connectivity index is 0.000000138. The molecule has 0 saturated heterocycles. The molecule has 18 rings (SSSR count). The second-order valence-corrected chi connectivity index (χ2v) is 28.8. The van der Waals surface area contributed by atoms with Crippen LogP contribution in [0.5, 0.6) is 0 Å². The Morgan fingerprint density at radius 3 is 1.39 bits per heavy atom. The van der Waals surface area contributed by atoms with Crippen LogP contribution in [-0.2, 0) is 31.7 Å². The first-order valence-electron chi connectivity index (χ1n) is 40.5. The second kappa shape index (κ2) is 42.6. The van der Waals surface area contributed by atoms with Crippen LogP contribution in [0.3, 0.4) is 0 Å². The zero-order chi connectivity index (χ0) is 96.9. The van der Waals surface area contributed by atoms with Crippen LogP contribution in [0.25, 0.3) is 62.2 Å². The fraction of sp³-hybridized carbons (Fsp3) is 0.161. The normalized spacial score (nSPS) is 11.9. The molecule has 0 aliphatic heterocycles. The van der Waals surface area contributed by atoms with Gasteiger partial charge in [0.25, 0.3) is 29.2 Å². The standard InChI is InChI=1S/C21H13F6N5O2.C19H22N4O3.C17H13N7O3.C16H11N7O3.C14H13N7O3/c22-20(23,24)19(34,21(25,26)27)17-13-4-2-1-3-12(13)5-6-14(17)29-18(33)15-7-8-16(31-30-15)32-10-9-28-11-32;1-2-26-19(25)15-7-5-3-4-6-14(15)12-17(24)16-8-9-18(22-21-16)23-11-10-20-13-23;1-27-17(26)11-7-13-10(8-19-21-13)6-14(11)20-16(25)12-2-3-15(23-22-12)24-5-4-18-9-24;24-15(12-5-6-13(21-20-12)23-8-7-17-9-23)18-11-4-2-1-3-10(11)14-19-16(25)26-22-14;1-20-7-10(12(19-20)14(23)24-2)16-13(22)9-3-4-11(18-17-9)21-6-5-15-8-21/h1-11,34H,(H,29,33);8-11,13H,2-7,12H2,1H3;2-9H,1H3,(H,19,21)(H,20,25);1-9H,(H,18,24)(H,19,22,25);3-8H,1-2H3,(H,16,22). The third-order valence-corrected chi connectivity index (χ3v) is 20.0. The predicted octanol–water partition coefficient (Wildman–Crippen LogP) is 10.7. The Morgan fingerprint density at radius 1 is 0.489 bits per heavy atom. The fourth-order valence-corrected chi connectivity index (χ4v) is 13.3. The number of aliphatic hydroxyl groups is 1. The summed E-state index contributed by atoms with van der Waals surface area (Å²) in [5.41, 5.74) is -3.57. The Labute approximate surface area is 765 Å². The number of rotatable bonds is 22. The highest BCUT2D eigenvalue weighted by Crippen LogP contribution is 2.54. The number of fused-ring (bicyclic) bond motifs is 2. The number of alkyl halides is 6. The van der Waals surface area contributed by atoms with Crippen LogP contribution >= 0.6 is 0 Å². The van der Waals surface area contributed by atoms with Gasteiger partial charge in [0.2, 0.25) is 0 Å². The SMILES string of the molecule is CCOC(=O)C1=C(CC(=O)c2ccc(-n3ccnc3)nn2)CCCCC1.COC(=O)c1cc2[nH]ncc2cc1NC(=O)c1ccc(-n2ccnc2)nn1.COC(=O)c1nn(C)cc1NC(=O)c1ccc(-n2ccnc2)nn1.O=C(Nc1ccc2ccccc2c1C(O)(C(F)(F)F)C(F)(F)F)c1ccc(-n2ccnc2)nn1.O=C(Nc1ccccc1-c1noc(=O)[nH]1)c1ccc(-n2ccnc2)nn1. The third-order valence-electron chi connectivity index (χ3n) is 20.0. The molecule has 696 valence electrons. The number of aromatic nitrogens is 26. The number of methoxy groups -OCH3 is 2. The van der Waals surface area contributed by atoms with E-state index in [0.29, 0.717) is 70.0 Å². The average Bonchev–Trinajstić information content (AvgIpc) is 1.42. The molecule has 13 aromatic heterocycles. The molecule has 0 fully saturated rings. The van der Waals surface area contributed by atoms with E-state index in [1.807, 2.05) is 5.32 Å². The highest BCUT2D eigenvalue weighted by molar-refractivity contribution is 6.10. The number of carbonyl (C=O) groups is 8. The number of hydrogen-bond acceptors (Lipinski definition) is 32. The Kier molecular flexibility index (Phi) is 29.4. The van der Waals surface area contributed by atoms with Crippen molar-refractivity contribution in [2.75, 3.05) is 42.1 Å². The number of amides is 4. The summed E-state index contributed by atoms with van der Waals surface area (Å²) >= 11 is 0. The van der Waals surface area contributed by atoms with Gasteiger partial charge >= 0.3 is 36.0 Å². The van der Waals surface area contributed by atoms with Gasteiger partial charge in [0.15, 0.2) is 69.2 Å². The molecule has 1 aliphatic rings. The number of ether oxygens (including phenoxy) is 3. The summed E-state index contributed by atoms with van der Waals surface area (Å²) in [5, 5.41) is 73.9. The number of H-pyrrole nitrogens is 2. The number of ketones is 1. The van der Waals surface area contributed by atoms with Crippen molar-refractivity contribution >= 4 is 91.7 Å². The summed E-state index contributed by atoms with van der Waals surface area (Å²) in [6.45, 7) is 2.13. The van der Waals surface area contributed by atoms with Gasteiger partial charge in [-0.15, -0.1) is 51.0 Å². The first-order chi connectivity index (χ1) is 66.1. The van der Waals surface area contributed by atoms with Gasteiger partial charge in [-0.05, 0) is 134 Å². The van der Waals surface area contributed by atoms with E-state index in [0.717, 1.165) is 48.8 Å². The van der Waals surface area contributed by atoms with Crippen molar-refractivity contribution in [3.63, 3.8) is 0 Å². The summed E-state index contributed by atoms with van der Waals surface area (Å²) in [7, 11) is 4.14. The molecule has 0 bridgehead atoms. The molecule has 0 saturated carbocycles. The molecule has 4 aromatic carbocycles. The van der Waals surface area contributed by atoms with E-state index in [4.69, 9.17) is 9.47 Å². The smallest absolute Gasteiger partial charge is 0.439 e. The topological polar surface area (TPSA) is 556 Å². The number of esters is 3. The van der Waals surface area contributed by atoms with Crippen molar-refractivity contribution in [3.8, 4) is 40.5 Å². The number of benzene rings is 4. The highest BCUT2D eigenvalue weighted by Gasteiger charge is 2.72. The largest absolute Gasteiger partial charge is 0.465 e. The maximum atomic E-state index is 13.7. The predicted molar refractivity (Wildman–Crippen MR) is 468 cm³/mol. The molecular weight excluding hydrogens is 1800 g/mol. The number of imidazole rings is 5. The molecule has 0 atom stereocenters. The van der Waals surface area contributed by atoms with Crippen molar-refractivity contribution in [1.29, 1.82) is 0 Å². The fourth-order valence-electron chi connectivity index (χ4n) is 13.3. The molecular formula is C87H72F6N30O14. The molecule has 13 heterocycles. The number of Topliss-reactive ketones (excluding diaryl/α,β-unsaturated/α-hetero) is 1. The lowest BCUT2D eigenvalue weighted by Crippen LogP contribution is -2.54. The molecule has 4 amide bonds. The quantitative estimate of drug-likeness (QED) is 0.0143. The summed E-state index contributed by atoms with van der Waals surface area (Å²) in [6.07, 6.45) is 19.5. The van der Waals surface area contributed by atoms with Crippen LogP contribution in [0.4, 0.5) is 49.1 Å². The number of carbonyl (C=O) groups excluding carboxylic acids is 8. The zero-order valence-electron chi connectivity index (χ0n) is 71.7. The highest BCUT2D eigenvalue weighted by atomic mass is 19.4. The third kappa shape index (κ3) is 22.6. The molecule has 1 aliphatic carbocycles. The molecule has 0 unspecified atom stereocenters. The number of aryl methyl sites for hydroxylation is 1. The molecule has 50 heteroatoms. The van der Waals surface area contributed by atoms with E-state index < -0.39 is 75.9 Å². The molecule has 0 radical (unpaired) electrons. The van der Waals surface area contributed by atoms with E-state index in [2.05, 4.69) is 127 Å². The van der Waals surface area contributed by atoms with Crippen molar-refractivity contribution < 1.29 is 88.5 Å². The summed E-state index contributed by atoms with van der Waals surface area (Å²) in [5.74, 6) is -2.26. The molecule has 17 aromatic rings. The number of nitrogens with one attached hydrogen (secondary N) is 6. The molecule has 137 heavy (non-hydrogen) atoms. The zero-order valence-corrected chi connectivity index (χ0v) is 71.7. The van der Waals surface area contributed by atoms with E-state index >= 15 is 0 Å². The summed E-state index contributed by atoms with van der Waals surface area (Å²) in [4.78, 5) is 132. The minimum absolute atomic E-state index is 0.00750. The van der Waals surface area contributed by atoms with E-state index in [9.17, 15) is 74.6 Å². The number of allylic oxidation sites excluding steroid dienone is 1. The first kappa shape index (κ1) is 94.6. The van der Waals surface area contributed by atoms with Crippen LogP contribution in [0, 0.1) is 0 Å². The lowest BCUT2D eigenvalue weighted by Gasteiger charge is -2.34. The van der Waals surface area contributed by atoms with Crippen LogP contribution in [0.2, 0.25) is 0 Å². The van der Waals surface area contributed by atoms with Gasteiger partial charge in [0.05, 0.1) is 55.2 Å². The van der Waals surface area contributed by atoms with Gasteiger partial charge in [0.1, 0.15) is 37.3 Å². The molecule has 44 nitrogen and oxygen atoms in total. The minimum Gasteiger partial charge on any atom is -0.465 e. The molecule has 7 N–H and O–H groups in total. The number of para-hydroxylation sites is 1. The van der Waals surface area contributed by atoms with Gasteiger partial charge in [-0.25, -0.2) is 44.1 Å². The summed E-state index contributed by atoms with van der Waals surface area (Å²) in [6, 6.07) is 32.5. The van der Waals surface area contributed by atoms with Crippen molar-refractivity contribution in [2.45, 2.75) is 63.4 Å². The van der Waals surface area contributed by atoms with Gasteiger partial charge < -0.3 is 40.6 Å². The van der Waals surface area contributed by atoms with Crippen LogP contribution in [-0.4, -0.2) is 214 Å². The maximum absolute atomic E-state index is 13.7. The van der Waals surface area contributed by atoms with Gasteiger partial charge in [-0.2, -0.15) is 36.5 Å². The van der Waals surface area contributed by atoms with Gasteiger partial charge in [-0.1, -0.05) is 59.6 Å². The maximum Gasteiger partial charge on any atom is 0.439 e. The lowest BCUT2D eigenvalue weighted by atomic mass is 9.86. The second-order valence-electron chi connectivity index (χ2n) is 28.8. The van der Waals surface area contributed by atoms with Crippen LogP contribution in [0.15, 0.2) is 260 Å². The van der Waals surface area contributed by atoms with Crippen molar-refractivity contribution in [2.24, 2.45) is 7.05 Å². The number of aromatic amines is 2. The average molecular weight is 1880 g/mol. The monoisotopic (exact) mass is 1870 g/mol. The Bertz CT molecular complexity index is 7190. The van der Waals surface area contributed by atoms with Crippen LogP contribution in [0.1, 0.15) is 124 Å². The van der Waals surface area contributed by atoms with Crippen molar-refractivity contribution in [3.05, 3.63) is 306 Å². The van der Waals surface area contributed by atoms with E-state index in [1.165, 1.54) is 90.7 Å². The van der Waals surface area contributed by atoms with E-state index in [-0.39, 0.29) is 74.9 Å². The molecule has 0 spiro atoms. The number of nitrogens with zero attached hydrogens (tertiary/aromatic N) is 24. The number of halogens is 6. The van der Waals surface area contributed by atoms with E-state index in [1.54, 1.807) is 192 Å². The van der Waals surface area contributed by atoms with Crippen molar-refractivity contribution in [1.82, 2.24) is 129 Å². The van der Waals surface area contributed by atoms with Gasteiger partial charge in [0, 0.05) is 109 Å². The Hall–Kier alpha value is -18.6. The summed E-state index contributed by atoms with van der Waals surface area (Å²) < 4.78 is 111. The number of anilines is 4. The lowest BCUT2D eigenvalue weighted by molar-refractivity contribution is -0.375. The van der Waals surface area contributed by atoms with Gasteiger partial charge in [-0.3, -0.25) is 66.1 Å². The first-order valence-corrected chi connectivity index (χ1v) is 40.5. The minimum atomic E-state index is -6.15.